The number of imide groups is 1. The van der Waals surface area contributed by atoms with Crippen LogP contribution in [0.25, 0.3) is 0 Å². The molecule has 108 valence electrons. The summed E-state index contributed by atoms with van der Waals surface area (Å²) < 4.78 is 0. The molecule has 2 amide bonds. The maximum absolute atomic E-state index is 12.4. The summed E-state index contributed by atoms with van der Waals surface area (Å²) in [5.41, 5.74) is 2.13. The number of benzene rings is 1. The van der Waals surface area contributed by atoms with Gasteiger partial charge in [0, 0.05) is 0 Å². The Morgan fingerprint density at radius 2 is 1.62 bits per heavy atom. The Labute approximate surface area is 123 Å². The summed E-state index contributed by atoms with van der Waals surface area (Å²) in [5.74, 6) is -0.243. The molecule has 4 rings (SSSR count). The van der Waals surface area contributed by atoms with Crippen LogP contribution < -0.4 is 0 Å². The number of hydrogen-bond acceptors (Lipinski definition) is 3. The zero-order valence-corrected chi connectivity index (χ0v) is 11.9. The van der Waals surface area contributed by atoms with Crippen molar-refractivity contribution in [2.45, 2.75) is 20.0 Å². The number of carbonyl (C=O) groups is 2. The lowest BCUT2D eigenvalue weighted by Gasteiger charge is -2.16. The van der Waals surface area contributed by atoms with Gasteiger partial charge in [0.05, 0.1) is 11.8 Å². The molecule has 4 atom stereocenters. The summed E-state index contributed by atoms with van der Waals surface area (Å²) in [5, 5.41) is 1.02. The first-order valence-corrected chi connectivity index (χ1v) is 7.40. The van der Waals surface area contributed by atoms with E-state index in [1.165, 1.54) is 5.56 Å². The number of amides is 2. The highest BCUT2D eigenvalue weighted by Gasteiger charge is 2.60. The van der Waals surface area contributed by atoms with Gasteiger partial charge in [-0.2, -0.15) is 5.06 Å². The van der Waals surface area contributed by atoms with Gasteiger partial charge in [-0.05, 0) is 30.7 Å². The molecule has 2 bridgehead atoms. The van der Waals surface area contributed by atoms with Crippen molar-refractivity contribution in [1.29, 1.82) is 0 Å². The normalized spacial score (nSPS) is 33.1. The highest BCUT2D eigenvalue weighted by atomic mass is 16.7. The minimum Gasteiger partial charge on any atom is -0.272 e. The fraction of sp³-hybridized carbons (Fsp3) is 0.412. The third-order valence-corrected chi connectivity index (χ3v) is 4.91. The van der Waals surface area contributed by atoms with Crippen LogP contribution in [0.2, 0.25) is 0 Å². The van der Waals surface area contributed by atoms with Crippen molar-refractivity contribution in [3.05, 3.63) is 47.5 Å². The Bertz CT molecular complexity index is 604. The number of aryl methyl sites for hydroxylation is 1. The highest BCUT2D eigenvalue weighted by Crippen LogP contribution is 2.52. The number of nitrogens with zero attached hydrogens (tertiary/aromatic N) is 1. The average molecular weight is 283 g/mol. The first kappa shape index (κ1) is 12.8. The number of rotatable bonds is 3. The fourth-order valence-electron chi connectivity index (χ4n) is 3.83. The van der Waals surface area contributed by atoms with E-state index in [1.807, 2.05) is 31.2 Å². The Kier molecular flexibility index (Phi) is 2.76. The maximum Gasteiger partial charge on any atom is 0.258 e. The first-order valence-electron chi connectivity index (χ1n) is 7.40. The molecule has 2 fully saturated rings. The molecule has 2 aliphatic carbocycles. The molecule has 1 saturated heterocycles. The summed E-state index contributed by atoms with van der Waals surface area (Å²) in [4.78, 5) is 30.3. The lowest BCUT2D eigenvalue weighted by molar-refractivity contribution is -0.193. The number of allylic oxidation sites excluding steroid dienone is 2. The van der Waals surface area contributed by atoms with Gasteiger partial charge in [0.2, 0.25) is 0 Å². The summed E-state index contributed by atoms with van der Waals surface area (Å²) in [6, 6.07) is 7.88. The Balaban J connectivity index is 1.48. The third kappa shape index (κ3) is 1.86. The SMILES string of the molecule is Cc1ccc(CON2C(=O)C3C4C=CC(C4)C3C2=O)cc1. The molecule has 0 spiro atoms. The van der Waals surface area contributed by atoms with Crippen LogP contribution in [0.1, 0.15) is 17.5 Å². The average Bonchev–Trinajstić information content (AvgIpc) is 3.14. The van der Waals surface area contributed by atoms with Gasteiger partial charge in [0.15, 0.2) is 0 Å². The van der Waals surface area contributed by atoms with E-state index in [0.29, 0.717) is 0 Å². The van der Waals surface area contributed by atoms with Crippen LogP contribution in [-0.2, 0) is 21.0 Å². The number of hydroxylamine groups is 2. The van der Waals surface area contributed by atoms with Crippen molar-refractivity contribution in [2.24, 2.45) is 23.7 Å². The molecule has 1 aromatic rings. The van der Waals surface area contributed by atoms with E-state index in [1.54, 1.807) is 0 Å². The van der Waals surface area contributed by atoms with Crippen molar-refractivity contribution in [3.63, 3.8) is 0 Å². The minimum atomic E-state index is -0.189. The van der Waals surface area contributed by atoms with Gasteiger partial charge >= 0.3 is 0 Å². The van der Waals surface area contributed by atoms with Crippen molar-refractivity contribution < 1.29 is 14.4 Å². The van der Waals surface area contributed by atoms with Crippen LogP contribution in [0.4, 0.5) is 0 Å². The standard InChI is InChI=1S/C17H17NO3/c1-10-2-4-11(5-3-10)9-21-18-16(19)14-12-6-7-13(8-12)15(14)17(18)20/h2-7,12-15H,8-9H2,1H3. The molecule has 4 unspecified atom stereocenters. The molecule has 0 aromatic heterocycles. The molecule has 4 nitrogen and oxygen atoms in total. The largest absolute Gasteiger partial charge is 0.272 e. The molecule has 3 aliphatic rings. The second-order valence-electron chi connectivity index (χ2n) is 6.23. The van der Waals surface area contributed by atoms with Crippen LogP contribution >= 0.6 is 0 Å². The van der Waals surface area contributed by atoms with E-state index >= 15 is 0 Å². The van der Waals surface area contributed by atoms with E-state index < -0.39 is 0 Å². The molecule has 0 radical (unpaired) electrons. The maximum atomic E-state index is 12.4. The summed E-state index contributed by atoms with van der Waals surface area (Å²) >= 11 is 0. The van der Waals surface area contributed by atoms with Gasteiger partial charge < -0.3 is 0 Å². The van der Waals surface area contributed by atoms with Gasteiger partial charge in [-0.1, -0.05) is 42.0 Å². The minimum absolute atomic E-state index is 0.158. The zero-order valence-electron chi connectivity index (χ0n) is 11.9. The smallest absolute Gasteiger partial charge is 0.258 e. The van der Waals surface area contributed by atoms with Gasteiger partial charge in [-0.15, -0.1) is 0 Å². The van der Waals surface area contributed by atoms with Gasteiger partial charge in [0.1, 0.15) is 6.61 Å². The molecule has 1 saturated carbocycles. The molecule has 21 heavy (non-hydrogen) atoms. The second-order valence-corrected chi connectivity index (χ2v) is 6.23. The van der Waals surface area contributed by atoms with E-state index in [9.17, 15) is 9.59 Å². The van der Waals surface area contributed by atoms with Gasteiger partial charge in [-0.25, -0.2) is 0 Å². The lowest BCUT2D eigenvalue weighted by Crippen LogP contribution is -2.32. The quantitative estimate of drug-likeness (QED) is 0.631. The van der Waals surface area contributed by atoms with E-state index in [2.05, 4.69) is 12.2 Å². The van der Waals surface area contributed by atoms with Gasteiger partial charge in [-0.3, -0.25) is 14.4 Å². The van der Waals surface area contributed by atoms with Crippen molar-refractivity contribution >= 4 is 11.8 Å². The van der Waals surface area contributed by atoms with Crippen molar-refractivity contribution in [2.75, 3.05) is 0 Å². The van der Waals surface area contributed by atoms with Crippen molar-refractivity contribution in [1.82, 2.24) is 5.06 Å². The lowest BCUT2D eigenvalue weighted by atomic mass is 9.85. The number of fused-ring (bicyclic) bond motifs is 5. The summed E-state index contributed by atoms with van der Waals surface area (Å²) in [7, 11) is 0. The Hall–Kier alpha value is -1.94. The fourth-order valence-corrected chi connectivity index (χ4v) is 3.83. The molecule has 1 aromatic carbocycles. The van der Waals surface area contributed by atoms with Crippen LogP contribution in [0.5, 0.6) is 0 Å². The Morgan fingerprint density at radius 3 is 2.19 bits per heavy atom. The molecule has 0 N–H and O–H groups in total. The molecular weight excluding hydrogens is 266 g/mol. The van der Waals surface area contributed by atoms with Crippen molar-refractivity contribution in [3.8, 4) is 0 Å². The molecular formula is C17H17NO3. The third-order valence-electron chi connectivity index (χ3n) is 4.91. The monoisotopic (exact) mass is 283 g/mol. The van der Waals surface area contributed by atoms with Crippen LogP contribution in [0.3, 0.4) is 0 Å². The molecule has 1 aliphatic heterocycles. The van der Waals surface area contributed by atoms with E-state index in [0.717, 1.165) is 17.0 Å². The van der Waals surface area contributed by atoms with E-state index in [4.69, 9.17) is 4.84 Å². The summed E-state index contributed by atoms with van der Waals surface area (Å²) in [6.07, 6.45) is 5.11. The van der Waals surface area contributed by atoms with Crippen LogP contribution in [0, 0.1) is 30.6 Å². The zero-order chi connectivity index (χ0) is 14.6. The second kappa shape index (κ2) is 4.53. The molecule has 4 heteroatoms. The highest BCUT2D eigenvalue weighted by molar-refractivity contribution is 6.05. The van der Waals surface area contributed by atoms with Crippen LogP contribution in [0.15, 0.2) is 36.4 Å². The Morgan fingerprint density at radius 1 is 1.05 bits per heavy atom. The van der Waals surface area contributed by atoms with Crippen LogP contribution in [-0.4, -0.2) is 16.9 Å². The summed E-state index contributed by atoms with van der Waals surface area (Å²) in [6.45, 7) is 2.27. The number of hydrogen-bond donors (Lipinski definition) is 0. The predicted octanol–water partition coefficient (Wildman–Crippen LogP) is 2.23. The first-order chi connectivity index (χ1) is 10.1. The topological polar surface area (TPSA) is 46.6 Å². The predicted molar refractivity (Wildman–Crippen MR) is 75.5 cm³/mol. The number of carbonyl (C=O) groups excluding carboxylic acids is 2. The van der Waals surface area contributed by atoms with Gasteiger partial charge in [0.25, 0.3) is 11.8 Å². The van der Waals surface area contributed by atoms with E-state index in [-0.39, 0.29) is 42.1 Å². The molecule has 1 heterocycles.